The largest absolute Gasteiger partial charge is 0.466 e. The van der Waals surface area contributed by atoms with Crippen LogP contribution in [0.25, 0.3) is 0 Å². The molecule has 54 valence electrons. The van der Waals surface area contributed by atoms with Crippen LogP contribution < -0.4 is 11.7 Å². The van der Waals surface area contributed by atoms with E-state index in [1.807, 2.05) is 0 Å². The topological polar surface area (TPSA) is 78.3 Å². The van der Waals surface area contributed by atoms with Crippen molar-refractivity contribution in [2.75, 3.05) is 7.11 Å². The highest BCUT2D eigenvalue weighted by atomic mass is 16.5. The second-order valence-corrected chi connectivity index (χ2v) is 1.27. The molecule has 0 radical (unpaired) electrons. The normalized spacial score (nSPS) is 6.67. The van der Waals surface area contributed by atoms with Gasteiger partial charge in [0, 0.05) is 5.57 Å². The first-order valence-corrected chi connectivity index (χ1v) is 2.25. The lowest BCUT2D eigenvalue weighted by atomic mass is 10.4. The third kappa shape index (κ3) is 7.13. The molecule has 0 unspecified atom stereocenters. The summed E-state index contributed by atoms with van der Waals surface area (Å²) < 4.78 is 4.27. The summed E-state index contributed by atoms with van der Waals surface area (Å²) in [6, 6.07) is 0. The van der Waals surface area contributed by atoms with E-state index < -0.39 is 0 Å². The lowest BCUT2D eigenvalue weighted by molar-refractivity contribution is -0.136. The summed E-state index contributed by atoms with van der Waals surface area (Å²) in [6.45, 7) is 4.95. The molecule has 9 heavy (non-hydrogen) atoms. The van der Waals surface area contributed by atoms with Crippen molar-refractivity contribution in [2.45, 2.75) is 6.92 Å². The summed E-state index contributed by atoms with van der Waals surface area (Å²) in [5.74, 6) is 7.65. The summed E-state index contributed by atoms with van der Waals surface area (Å²) in [7, 11) is 1.33. The average molecular weight is 132 g/mol. The molecule has 4 heteroatoms. The summed E-state index contributed by atoms with van der Waals surface area (Å²) in [5, 5.41) is 0. The Hall–Kier alpha value is -0.870. The maximum Gasteiger partial charge on any atom is 0.332 e. The van der Waals surface area contributed by atoms with E-state index in [0.29, 0.717) is 5.57 Å². The van der Waals surface area contributed by atoms with Gasteiger partial charge in [0.15, 0.2) is 0 Å². The van der Waals surface area contributed by atoms with Gasteiger partial charge in [-0.3, -0.25) is 11.7 Å². The molecule has 0 atom stereocenters. The van der Waals surface area contributed by atoms with Crippen molar-refractivity contribution < 1.29 is 9.53 Å². The molecule has 0 fully saturated rings. The second-order valence-electron chi connectivity index (χ2n) is 1.27. The highest BCUT2D eigenvalue weighted by Gasteiger charge is 1.95. The van der Waals surface area contributed by atoms with Crippen LogP contribution in [0.15, 0.2) is 12.2 Å². The second kappa shape index (κ2) is 7.13. The van der Waals surface area contributed by atoms with Gasteiger partial charge in [-0.05, 0) is 6.92 Å². The summed E-state index contributed by atoms with van der Waals surface area (Å²) in [4.78, 5) is 10.2. The maximum atomic E-state index is 10.2. The number of carbonyl (C=O) groups is 1. The molecule has 0 amide bonds. The van der Waals surface area contributed by atoms with Gasteiger partial charge in [0.1, 0.15) is 0 Å². The average Bonchev–Trinajstić information content (AvgIpc) is 1.91. The van der Waals surface area contributed by atoms with E-state index in [1.165, 1.54) is 7.11 Å². The standard InChI is InChI=1S/C5H8O2.H4N2/c1-4(2)5(6)7-3;1-2/h1H2,2-3H3;1-2H2. The van der Waals surface area contributed by atoms with Crippen LogP contribution in [0.5, 0.6) is 0 Å². The Balaban J connectivity index is 0. The van der Waals surface area contributed by atoms with E-state index in [0.717, 1.165) is 0 Å². The Morgan fingerprint density at radius 1 is 1.56 bits per heavy atom. The summed E-state index contributed by atoms with van der Waals surface area (Å²) in [5.41, 5.74) is 0.433. The van der Waals surface area contributed by atoms with Crippen LogP contribution in [-0.2, 0) is 9.53 Å². The van der Waals surface area contributed by atoms with Crippen molar-refractivity contribution in [1.29, 1.82) is 0 Å². The number of ether oxygens (including phenoxy) is 1. The van der Waals surface area contributed by atoms with E-state index in [-0.39, 0.29) is 5.97 Å². The molecule has 0 aromatic heterocycles. The number of esters is 1. The van der Waals surface area contributed by atoms with Gasteiger partial charge in [-0.25, -0.2) is 4.79 Å². The molecule has 0 saturated heterocycles. The fraction of sp³-hybridized carbons (Fsp3) is 0.400. The van der Waals surface area contributed by atoms with Crippen molar-refractivity contribution in [3.63, 3.8) is 0 Å². The van der Waals surface area contributed by atoms with Crippen LogP contribution >= 0.6 is 0 Å². The van der Waals surface area contributed by atoms with Gasteiger partial charge in [-0.2, -0.15) is 0 Å². The summed E-state index contributed by atoms with van der Waals surface area (Å²) in [6.07, 6.45) is 0. The molecule has 0 aliphatic heterocycles. The quantitative estimate of drug-likeness (QED) is 0.219. The van der Waals surface area contributed by atoms with Crippen molar-refractivity contribution in [1.82, 2.24) is 0 Å². The number of carbonyl (C=O) groups excluding carboxylic acids is 1. The lowest BCUT2D eigenvalue weighted by Gasteiger charge is -1.91. The van der Waals surface area contributed by atoms with Crippen molar-refractivity contribution in [3.05, 3.63) is 12.2 Å². The smallest absolute Gasteiger partial charge is 0.332 e. The van der Waals surface area contributed by atoms with E-state index >= 15 is 0 Å². The van der Waals surface area contributed by atoms with Crippen LogP contribution in [0, 0.1) is 0 Å². The minimum atomic E-state index is -0.347. The third-order valence-corrected chi connectivity index (χ3v) is 0.534. The predicted molar refractivity (Wildman–Crippen MR) is 35.2 cm³/mol. The van der Waals surface area contributed by atoms with E-state index in [1.54, 1.807) is 6.92 Å². The molecule has 4 N–H and O–H groups in total. The van der Waals surface area contributed by atoms with Gasteiger partial charge in [-0.1, -0.05) is 6.58 Å². The van der Waals surface area contributed by atoms with E-state index in [4.69, 9.17) is 0 Å². The molecule has 0 aliphatic rings. The Labute approximate surface area is 54.4 Å². The number of methoxy groups -OCH3 is 1. The zero-order chi connectivity index (χ0) is 7.86. The Morgan fingerprint density at radius 3 is 1.89 bits per heavy atom. The monoisotopic (exact) mass is 132 g/mol. The number of hydrogen-bond acceptors (Lipinski definition) is 4. The third-order valence-electron chi connectivity index (χ3n) is 0.534. The number of hydrazine groups is 1. The molecule has 0 aliphatic carbocycles. The molecule has 0 bridgehead atoms. The molecule has 0 heterocycles. The van der Waals surface area contributed by atoms with Gasteiger partial charge in [0.05, 0.1) is 7.11 Å². The van der Waals surface area contributed by atoms with Crippen LogP contribution in [-0.4, -0.2) is 13.1 Å². The first kappa shape index (κ1) is 11.0. The van der Waals surface area contributed by atoms with Crippen molar-refractivity contribution in [3.8, 4) is 0 Å². The van der Waals surface area contributed by atoms with Crippen LogP contribution in [0.4, 0.5) is 0 Å². The minimum absolute atomic E-state index is 0.347. The van der Waals surface area contributed by atoms with Gasteiger partial charge >= 0.3 is 5.97 Å². The van der Waals surface area contributed by atoms with Crippen molar-refractivity contribution >= 4 is 5.97 Å². The minimum Gasteiger partial charge on any atom is -0.466 e. The zero-order valence-electron chi connectivity index (χ0n) is 5.68. The Morgan fingerprint density at radius 2 is 1.89 bits per heavy atom. The SMILES string of the molecule is C=C(C)C(=O)OC.NN. The Bertz CT molecular complexity index is 101. The Kier molecular flexibility index (Phi) is 8.71. The molecule has 4 nitrogen and oxygen atoms in total. The molecular weight excluding hydrogens is 120 g/mol. The zero-order valence-corrected chi connectivity index (χ0v) is 5.68. The van der Waals surface area contributed by atoms with Gasteiger partial charge < -0.3 is 4.74 Å². The molecule has 0 spiro atoms. The highest BCUT2D eigenvalue weighted by Crippen LogP contribution is 1.87. The predicted octanol–water partition coefficient (Wildman–Crippen LogP) is -0.446. The first-order chi connectivity index (χ1) is 4.18. The fourth-order valence-electron chi connectivity index (χ4n) is 0.174. The number of hydrogen-bond donors (Lipinski definition) is 2. The lowest BCUT2D eigenvalue weighted by Crippen LogP contribution is -2.02. The number of nitrogens with two attached hydrogens (primary N) is 2. The maximum absolute atomic E-state index is 10.2. The van der Waals surface area contributed by atoms with E-state index in [2.05, 4.69) is 23.0 Å². The van der Waals surface area contributed by atoms with Crippen LogP contribution in [0.2, 0.25) is 0 Å². The van der Waals surface area contributed by atoms with Gasteiger partial charge in [0.2, 0.25) is 0 Å². The highest BCUT2D eigenvalue weighted by molar-refractivity contribution is 5.86. The molecular formula is C5H12N2O2. The molecule has 0 saturated carbocycles. The van der Waals surface area contributed by atoms with Crippen LogP contribution in [0.1, 0.15) is 6.92 Å². The van der Waals surface area contributed by atoms with Crippen LogP contribution in [0.3, 0.4) is 0 Å². The molecule has 0 aromatic carbocycles. The molecule has 0 rings (SSSR count). The number of rotatable bonds is 1. The first-order valence-electron chi connectivity index (χ1n) is 2.25. The van der Waals surface area contributed by atoms with Crippen molar-refractivity contribution in [2.24, 2.45) is 11.7 Å². The van der Waals surface area contributed by atoms with E-state index in [9.17, 15) is 4.79 Å². The summed E-state index contributed by atoms with van der Waals surface area (Å²) >= 11 is 0. The van der Waals surface area contributed by atoms with Gasteiger partial charge in [-0.15, -0.1) is 0 Å². The molecule has 0 aromatic rings. The van der Waals surface area contributed by atoms with Gasteiger partial charge in [0.25, 0.3) is 0 Å². The fourth-order valence-corrected chi connectivity index (χ4v) is 0.174.